The number of carbonyl (C=O) groups is 1. The summed E-state index contributed by atoms with van der Waals surface area (Å²) in [6.07, 6.45) is 3.38. The van der Waals surface area contributed by atoms with E-state index in [9.17, 15) is 14.9 Å². The summed E-state index contributed by atoms with van der Waals surface area (Å²) >= 11 is 0. The predicted octanol–water partition coefficient (Wildman–Crippen LogP) is 1.04. The lowest BCUT2D eigenvalue weighted by molar-refractivity contribution is -0.384. The van der Waals surface area contributed by atoms with Crippen LogP contribution in [0.5, 0.6) is 0 Å². The first-order chi connectivity index (χ1) is 9.00. The van der Waals surface area contributed by atoms with Gasteiger partial charge >= 0.3 is 0 Å². The Kier molecular flexibility index (Phi) is 3.84. The molecule has 3 N–H and O–H groups in total. The molecule has 2 heterocycles. The number of nitrogens with zero attached hydrogens (tertiary/aromatic N) is 1. The standard InChI is InChI=1S/C12H18N4O3/c1-12(3-2-4-13-7-12)8-15-11(17)10-5-9(6-14-10)16(18)19/h5-6,13-14H,2-4,7-8H2,1H3,(H,15,17). The molecule has 0 aromatic carbocycles. The minimum atomic E-state index is -0.528. The maximum atomic E-state index is 11.9. The smallest absolute Gasteiger partial charge is 0.287 e. The molecule has 1 aliphatic heterocycles. The minimum absolute atomic E-state index is 0.0481. The van der Waals surface area contributed by atoms with E-state index in [-0.39, 0.29) is 22.7 Å². The number of aromatic nitrogens is 1. The Balaban J connectivity index is 1.91. The van der Waals surface area contributed by atoms with Gasteiger partial charge in [-0.05, 0) is 24.8 Å². The maximum Gasteiger partial charge on any atom is 0.287 e. The first-order valence-corrected chi connectivity index (χ1v) is 6.32. The van der Waals surface area contributed by atoms with Crippen molar-refractivity contribution < 1.29 is 9.72 Å². The molecular weight excluding hydrogens is 248 g/mol. The first kappa shape index (κ1) is 13.5. The number of nitrogens with one attached hydrogen (secondary N) is 3. The van der Waals surface area contributed by atoms with Crippen molar-refractivity contribution in [3.8, 4) is 0 Å². The van der Waals surface area contributed by atoms with Crippen LogP contribution in [0.3, 0.4) is 0 Å². The van der Waals surface area contributed by atoms with Gasteiger partial charge in [-0.1, -0.05) is 6.92 Å². The van der Waals surface area contributed by atoms with Gasteiger partial charge in [0.25, 0.3) is 11.6 Å². The van der Waals surface area contributed by atoms with Gasteiger partial charge < -0.3 is 15.6 Å². The van der Waals surface area contributed by atoms with Crippen LogP contribution < -0.4 is 10.6 Å². The normalized spacial score (nSPS) is 23.0. The Hall–Kier alpha value is -1.89. The monoisotopic (exact) mass is 266 g/mol. The molecule has 1 aromatic rings. The van der Waals surface area contributed by atoms with Crippen molar-refractivity contribution in [2.45, 2.75) is 19.8 Å². The van der Waals surface area contributed by atoms with Crippen LogP contribution in [0, 0.1) is 15.5 Å². The van der Waals surface area contributed by atoms with Gasteiger partial charge in [0.1, 0.15) is 5.69 Å². The zero-order valence-electron chi connectivity index (χ0n) is 10.9. The van der Waals surface area contributed by atoms with Crippen LogP contribution >= 0.6 is 0 Å². The number of H-pyrrole nitrogens is 1. The number of hydrogen-bond donors (Lipinski definition) is 3. The molecule has 0 aliphatic carbocycles. The third-order valence-electron chi connectivity index (χ3n) is 3.48. The molecule has 1 fully saturated rings. The summed E-state index contributed by atoms with van der Waals surface area (Å²) in [5, 5.41) is 16.7. The van der Waals surface area contributed by atoms with E-state index in [0.717, 1.165) is 25.9 Å². The quantitative estimate of drug-likeness (QED) is 0.560. The molecule has 1 aliphatic rings. The number of hydrogen-bond acceptors (Lipinski definition) is 4. The van der Waals surface area contributed by atoms with Crippen LogP contribution in [0.2, 0.25) is 0 Å². The molecule has 7 nitrogen and oxygen atoms in total. The second-order valence-electron chi connectivity index (χ2n) is 5.30. The van der Waals surface area contributed by atoms with Gasteiger partial charge in [-0.3, -0.25) is 14.9 Å². The van der Waals surface area contributed by atoms with E-state index in [1.807, 2.05) is 0 Å². The average Bonchev–Trinajstić information content (AvgIpc) is 2.87. The summed E-state index contributed by atoms with van der Waals surface area (Å²) in [7, 11) is 0. The number of nitro groups is 1. The lowest BCUT2D eigenvalue weighted by Crippen LogP contribution is -2.45. The predicted molar refractivity (Wildman–Crippen MR) is 70.0 cm³/mol. The molecule has 0 bridgehead atoms. The van der Waals surface area contributed by atoms with Crippen molar-refractivity contribution in [3.05, 3.63) is 28.1 Å². The molecule has 1 saturated heterocycles. The molecule has 0 spiro atoms. The zero-order chi connectivity index (χ0) is 13.9. The topological polar surface area (TPSA) is 100 Å². The van der Waals surface area contributed by atoms with Crippen molar-refractivity contribution >= 4 is 11.6 Å². The van der Waals surface area contributed by atoms with Crippen molar-refractivity contribution in [2.24, 2.45) is 5.41 Å². The summed E-state index contributed by atoms with van der Waals surface area (Å²) in [5.41, 5.74) is 0.168. The van der Waals surface area contributed by atoms with Crippen molar-refractivity contribution in [1.82, 2.24) is 15.6 Å². The Morgan fingerprint density at radius 1 is 1.63 bits per heavy atom. The molecule has 1 amide bonds. The highest BCUT2D eigenvalue weighted by atomic mass is 16.6. The van der Waals surface area contributed by atoms with E-state index < -0.39 is 4.92 Å². The Morgan fingerprint density at radius 3 is 3.00 bits per heavy atom. The summed E-state index contributed by atoms with van der Waals surface area (Å²) in [6, 6.07) is 1.25. The third-order valence-corrected chi connectivity index (χ3v) is 3.48. The number of piperidine rings is 1. The van der Waals surface area contributed by atoms with E-state index in [1.165, 1.54) is 12.3 Å². The maximum absolute atomic E-state index is 11.9. The number of carbonyl (C=O) groups excluding carboxylic acids is 1. The Morgan fingerprint density at radius 2 is 2.42 bits per heavy atom. The molecule has 19 heavy (non-hydrogen) atoms. The number of amides is 1. The fourth-order valence-electron chi connectivity index (χ4n) is 2.28. The van der Waals surface area contributed by atoms with Gasteiger partial charge in [0.05, 0.1) is 11.1 Å². The summed E-state index contributed by atoms with van der Waals surface area (Å²) in [6.45, 7) is 4.58. The molecular formula is C12H18N4O3. The van der Waals surface area contributed by atoms with Crippen LogP contribution in [-0.2, 0) is 0 Å². The highest BCUT2D eigenvalue weighted by molar-refractivity contribution is 5.93. The fourth-order valence-corrected chi connectivity index (χ4v) is 2.28. The minimum Gasteiger partial charge on any atom is -0.351 e. The second kappa shape index (κ2) is 5.40. The molecule has 0 saturated carbocycles. The van der Waals surface area contributed by atoms with Crippen molar-refractivity contribution in [2.75, 3.05) is 19.6 Å². The van der Waals surface area contributed by atoms with Gasteiger partial charge in [0.2, 0.25) is 0 Å². The number of rotatable bonds is 4. The van der Waals surface area contributed by atoms with Crippen LogP contribution in [0.25, 0.3) is 0 Å². The molecule has 1 atom stereocenters. The summed E-state index contributed by atoms with van der Waals surface area (Å²) < 4.78 is 0. The number of aromatic amines is 1. The van der Waals surface area contributed by atoms with E-state index in [0.29, 0.717) is 6.54 Å². The average molecular weight is 266 g/mol. The van der Waals surface area contributed by atoms with Crippen LogP contribution in [0.4, 0.5) is 5.69 Å². The van der Waals surface area contributed by atoms with E-state index in [1.54, 1.807) is 0 Å². The van der Waals surface area contributed by atoms with Gasteiger partial charge in [-0.25, -0.2) is 0 Å². The Labute approximate surface area is 110 Å². The molecule has 1 unspecified atom stereocenters. The van der Waals surface area contributed by atoms with Gasteiger partial charge in [-0.15, -0.1) is 0 Å². The Bertz CT molecular complexity index is 477. The van der Waals surface area contributed by atoms with Crippen molar-refractivity contribution in [1.29, 1.82) is 0 Å². The third kappa shape index (κ3) is 3.31. The zero-order valence-corrected chi connectivity index (χ0v) is 10.9. The SMILES string of the molecule is CC1(CNC(=O)c2cc([N+](=O)[O-])c[nH]2)CCCNC1. The van der Waals surface area contributed by atoms with Gasteiger partial charge in [0, 0.05) is 19.2 Å². The summed E-state index contributed by atoms with van der Waals surface area (Å²) in [4.78, 5) is 24.5. The van der Waals surface area contributed by atoms with E-state index >= 15 is 0 Å². The lowest BCUT2D eigenvalue weighted by Gasteiger charge is -2.34. The highest BCUT2D eigenvalue weighted by Gasteiger charge is 2.27. The van der Waals surface area contributed by atoms with Crippen LogP contribution in [-0.4, -0.2) is 35.4 Å². The molecule has 2 rings (SSSR count). The lowest BCUT2D eigenvalue weighted by atomic mass is 9.83. The molecule has 104 valence electrons. The summed E-state index contributed by atoms with van der Waals surface area (Å²) in [5.74, 6) is -0.306. The molecule has 0 radical (unpaired) electrons. The van der Waals surface area contributed by atoms with E-state index in [4.69, 9.17) is 0 Å². The molecule has 1 aromatic heterocycles. The first-order valence-electron chi connectivity index (χ1n) is 6.32. The highest BCUT2D eigenvalue weighted by Crippen LogP contribution is 2.24. The van der Waals surface area contributed by atoms with Gasteiger partial charge in [0.15, 0.2) is 0 Å². The van der Waals surface area contributed by atoms with Gasteiger partial charge in [-0.2, -0.15) is 0 Å². The van der Waals surface area contributed by atoms with E-state index in [2.05, 4.69) is 22.5 Å². The molecule has 7 heteroatoms. The van der Waals surface area contributed by atoms with Crippen LogP contribution in [0.15, 0.2) is 12.3 Å². The van der Waals surface area contributed by atoms with Crippen LogP contribution in [0.1, 0.15) is 30.3 Å². The second-order valence-corrected chi connectivity index (χ2v) is 5.30. The van der Waals surface area contributed by atoms with Crippen molar-refractivity contribution in [3.63, 3.8) is 0 Å². The largest absolute Gasteiger partial charge is 0.351 e. The fraction of sp³-hybridized carbons (Fsp3) is 0.583.